The van der Waals surface area contributed by atoms with Gasteiger partial charge in [0.05, 0.1) is 0 Å². The van der Waals surface area contributed by atoms with Crippen molar-refractivity contribution in [1.29, 1.82) is 0 Å². The van der Waals surface area contributed by atoms with Crippen LogP contribution in [0.3, 0.4) is 0 Å². The van der Waals surface area contributed by atoms with Crippen LogP contribution in [0.1, 0.15) is 41.9 Å². The van der Waals surface area contributed by atoms with E-state index in [0.29, 0.717) is 0 Å². The molecule has 0 spiro atoms. The largest absolute Gasteiger partial charge is 0.303 e. The van der Waals surface area contributed by atoms with Crippen molar-refractivity contribution < 1.29 is 0 Å². The van der Waals surface area contributed by atoms with Gasteiger partial charge in [0.2, 0.25) is 0 Å². The van der Waals surface area contributed by atoms with Crippen LogP contribution in [0, 0.1) is 6.92 Å². The highest BCUT2D eigenvalue weighted by molar-refractivity contribution is 7.12. The smallest absolute Gasteiger partial charge is 0.149 e. The van der Waals surface area contributed by atoms with Crippen LogP contribution < -0.4 is 5.32 Å². The molecule has 0 fully saturated rings. The first-order chi connectivity index (χ1) is 8.76. The van der Waals surface area contributed by atoms with Gasteiger partial charge in [-0.15, -0.1) is 11.3 Å². The average molecular weight is 264 g/mol. The van der Waals surface area contributed by atoms with Crippen molar-refractivity contribution >= 4 is 11.3 Å². The number of hydrogen-bond acceptors (Lipinski definition) is 4. The minimum absolute atomic E-state index is 0.158. The molecule has 0 saturated heterocycles. The fourth-order valence-electron chi connectivity index (χ4n) is 1.96. The average Bonchev–Trinajstić information content (AvgIpc) is 2.99. The zero-order valence-corrected chi connectivity index (χ0v) is 12.0. The van der Waals surface area contributed by atoms with Gasteiger partial charge in [0, 0.05) is 16.3 Å². The lowest BCUT2D eigenvalue weighted by molar-refractivity contribution is 0.524. The number of hydrogen-bond donors (Lipinski definition) is 1. The molecule has 0 radical (unpaired) electrons. The van der Waals surface area contributed by atoms with Gasteiger partial charge in [0.1, 0.15) is 18.2 Å². The summed E-state index contributed by atoms with van der Waals surface area (Å²) in [4.78, 5) is 7.06. The van der Waals surface area contributed by atoms with Gasteiger partial charge in [0.25, 0.3) is 0 Å². The molecule has 5 heteroatoms. The van der Waals surface area contributed by atoms with Crippen LogP contribution in [0.2, 0.25) is 0 Å². The van der Waals surface area contributed by atoms with Crippen molar-refractivity contribution in [3.05, 3.63) is 34.0 Å². The Hall–Kier alpha value is -1.20. The molecular formula is C13H20N4S. The number of rotatable bonds is 6. The molecule has 0 amide bonds. The summed E-state index contributed by atoms with van der Waals surface area (Å²) in [7, 11) is 0. The van der Waals surface area contributed by atoms with E-state index in [1.807, 2.05) is 16.0 Å². The fraction of sp³-hybridized carbons (Fsp3) is 0.538. The molecule has 2 aromatic heterocycles. The van der Waals surface area contributed by atoms with Crippen LogP contribution in [0.4, 0.5) is 0 Å². The van der Waals surface area contributed by atoms with Crippen molar-refractivity contribution in [3.63, 3.8) is 0 Å². The van der Waals surface area contributed by atoms with Crippen LogP contribution in [0.25, 0.3) is 0 Å². The lowest BCUT2D eigenvalue weighted by atomic mass is 10.2. The summed E-state index contributed by atoms with van der Waals surface area (Å²) in [5.74, 6) is 1.01. The minimum Gasteiger partial charge on any atom is -0.303 e. The Morgan fingerprint density at radius 1 is 1.39 bits per heavy atom. The van der Waals surface area contributed by atoms with Crippen LogP contribution >= 0.6 is 11.3 Å². The van der Waals surface area contributed by atoms with Crippen LogP contribution in [-0.4, -0.2) is 21.3 Å². The highest BCUT2D eigenvalue weighted by atomic mass is 32.1. The summed E-state index contributed by atoms with van der Waals surface area (Å²) in [5.41, 5.74) is 0. The molecule has 0 saturated carbocycles. The molecule has 4 nitrogen and oxygen atoms in total. The molecular weight excluding hydrogens is 244 g/mol. The molecule has 2 heterocycles. The van der Waals surface area contributed by atoms with E-state index in [1.54, 1.807) is 6.33 Å². The Kier molecular flexibility index (Phi) is 4.49. The molecule has 0 aliphatic rings. The maximum Gasteiger partial charge on any atom is 0.149 e. The van der Waals surface area contributed by atoms with Crippen molar-refractivity contribution in [2.45, 2.75) is 39.8 Å². The molecule has 2 aromatic rings. The van der Waals surface area contributed by atoms with Crippen LogP contribution in [0.15, 0.2) is 18.5 Å². The fourth-order valence-corrected chi connectivity index (χ4v) is 2.91. The number of nitrogens with one attached hydrogen (secondary N) is 1. The van der Waals surface area contributed by atoms with Crippen molar-refractivity contribution in [2.75, 3.05) is 6.54 Å². The monoisotopic (exact) mass is 264 g/mol. The van der Waals surface area contributed by atoms with Gasteiger partial charge in [-0.05, 0) is 38.9 Å². The van der Waals surface area contributed by atoms with E-state index < -0.39 is 0 Å². The second-order valence-corrected chi connectivity index (χ2v) is 5.59. The van der Waals surface area contributed by atoms with E-state index in [2.05, 4.69) is 48.3 Å². The van der Waals surface area contributed by atoms with E-state index in [0.717, 1.165) is 25.3 Å². The highest BCUT2D eigenvalue weighted by Gasteiger charge is 2.20. The summed E-state index contributed by atoms with van der Waals surface area (Å²) in [5, 5.41) is 7.83. The first-order valence-corrected chi connectivity index (χ1v) is 7.25. The summed E-state index contributed by atoms with van der Waals surface area (Å²) in [6.07, 6.45) is 2.75. The third-order valence-electron chi connectivity index (χ3n) is 2.85. The second kappa shape index (κ2) is 6.11. The molecule has 98 valence electrons. The zero-order valence-electron chi connectivity index (χ0n) is 11.2. The maximum atomic E-state index is 4.42. The highest BCUT2D eigenvalue weighted by Crippen LogP contribution is 2.27. The molecule has 1 N–H and O–H groups in total. The third-order valence-corrected chi connectivity index (χ3v) is 3.91. The molecule has 2 rings (SSSR count). The third kappa shape index (κ3) is 2.79. The summed E-state index contributed by atoms with van der Waals surface area (Å²) in [6.45, 7) is 8.24. The zero-order chi connectivity index (χ0) is 13.0. The standard InChI is InChI=1S/C13H20N4S/c1-4-8-14-12(11-7-6-10(3)18-11)13-15-9-16-17(13)5-2/h6-7,9,12,14H,4-5,8H2,1-3H3. The van der Waals surface area contributed by atoms with Crippen molar-refractivity contribution in [2.24, 2.45) is 0 Å². The number of aromatic nitrogens is 3. The second-order valence-electron chi connectivity index (χ2n) is 4.27. The van der Waals surface area contributed by atoms with Crippen LogP contribution in [-0.2, 0) is 6.54 Å². The molecule has 0 aliphatic carbocycles. The Bertz CT molecular complexity index is 489. The first kappa shape index (κ1) is 13.2. The Morgan fingerprint density at radius 2 is 2.22 bits per heavy atom. The quantitative estimate of drug-likeness (QED) is 0.872. The van der Waals surface area contributed by atoms with Crippen molar-refractivity contribution in [1.82, 2.24) is 20.1 Å². The van der Waals surface area contributed by atoms with Gasteiger partial charge in [-0.25, -0.2) is 9.67 Å². The Labute approximate surface area is 112 Å². The van der Waals surface area contributed by atoms with E-state index in [4.69, 9.17) is 0 Å². The van der Waals surface area contributed by atoms with E-state index in [1.165, 1.54) is 9.75 Å². The molecule has 0 aromatic carbocycles. The van der Waals surface area contributed by atoms with Gasteiger partial charge in [0.15, 0.2) is 0 Å². The van der Waals surface area contributed by atoms with Gasteiger partial charge in [-0.3, -0.25) is 0 Å². The number of aryl methyl sites for hydroxylation is 2. The normalized spacial score (nSPS) is 12.8. The molecule has 0 aliphatic heterocycles. The minimum atomic E-state index is 0.158. The summed E-state index contributed by atoms with van der Waals surface area (Å²) in [6, 6.07) is 4.50. The van der Waals surface area contributed by atoms with Gasteiger partial charge < -0.3 is 5.32 Å². The lowest BCUT2D eigenvalue weighted by Gasteiger charge is -2.16. The Morgan fingerprint density at radius 3 is 2.83 bits per heavy atom. The van der Waals surface area contributed by atoms with Gasteiger partial charge in [-0.2, -0.15) is 5.10 Å². The SMILES string of the molecule is CCCNC(c1ccc(C)s1)c1ncnn1CC. The summed E-state index contributed by atoms with van der Waals surface area (Å²) >= 11 is 1.82. The first-order valence-electron chi connectivity index (χ1n) is 6.43. The van der Waals surface area contributed by atoms with E-state index in [-0.39, 0.29) is 6.04 Å². The molecule has 1 unspecified atom stereocenters. The van der Waals surface area contributed by atoms with E-state index in [9.17, 15) is 0 Å². The predicted molar refractivity (Wildman–Crippen MR) is 74.9 cm³/mol. The Balaban J connectivity index is 2.30. The molecule has 1 atom stereocenters. The topological polar surface area (TPSA) is 42.7 Å². The van der Waals surface area contributed by atoms with E-state index >= 15 is 0 Å². The van der Waals surface area contributed by atoms with Crippen molar-refractivity contribution in [3.8, 4) is 0 Å². The van der Waals surface area contributed by atoms with Gasteiger partial charge in [-0.1, -0.05) is 6.92 Å². The van der Waals surface area contributed by atoms with Crippen LogP contribution in [0.5, 0.6) is 0 Å². The molecule has 18 heavy (non-hydrogen) atoms. The molecule has 0 bridgehead atoms. The maximum absolute atomic E-state index is 4.42. The lowest BCUT2D eigenvalue weighted by Crippen LogP contribution is -2.25. The number of thiophene rings is 1. The predicted octanol–water partition coefficient (Wildman–Crippen LogP) is 2.76. The van der Waals surface area contributed by atoms with Gasteiger partial charge >= 0.3 is 0 Å². The summed E-state index contributed by atoms with van der Waals surface area (Å²) < 4.78 is 1.96. The number of nitrogens with zero attached hydrogens (tertiary/aromatic N) is 3.